The predicted molar refractivity (Wildman–Crippen MR) is 260 cm³/mol. The minimum absolute atomic E-state index is 0.120. The van der Waals surface area contributed by atoms with E-state index in [1.807, 2.05) is 12.2 Å². The summed E-state index contributed by atoms with van der Waals surface area (Å²) in [7, 11) is 0. The molecule has 61 heavy (non-hydrogen) atoms. The SMILES string of the molecule is CC/C=C\C/C=C\C/C=C\C/C=C\C/C=C\CCC(=O)OCC(COC(=O)CCCCC/C=C\CCCCCCCC)OC(=O)CCCCCC/C=C\C/C=C\C/C=C\CC. The maximum absolute atomic E-state index is 12.8. The fourth-order valence-corrected chi connectivity index (χ4v) is 6.15. The van der Waals surface area contributed by atoms with Gasteiger partial charge in [0.25, 0.3) is 0 Å². The van der Waals surface area contributed by atoms with Crippen LogP contribution in [0.2, 0.25) is 0 Å². The van der Waals surface area contributed by atoms with E-state index < -0.39 is 6.10 Å². The van der Waals surface area contributed by atoms with Crippen LogP contribution in [0.5, 0.6) is 0 Å². The summed E-state index contributed by atoms with van der Waals surface area (Å²) in [5.41, 5.74) is 0. The first-order valence-corrected chi connectivity index (χ1v) is 24.4. The third-order valence-electron chi connectivity index (χ3n) is 9.76. The maximum Gasteiger partial charge on any atom is 0.306 e. The topological polar surface area (TPSA) is 78.9 Å². The van der Waals surface area contributed by atoms with Gasteiger partial charge in [0.05, 0.1) is 0 Å². The number of unbranched alkanes of at least 4 members (excludes halogenated alkanes) is 13. The highest BCUT2D eigenvalue weighted by atomic mass is 16.6. The number of carbonyl (C=O) groups excluding carboxylic acids is 3. The van der Waals surface area contributed by atoms with Gasteiger partial charge >= 0.3 is 17.9 Å². The number of hydrogen-bond donors (Lipinski definition) is 0. The van der Waals surface area contributed by atoms with Crippen molar-refractivity contribution in [3.05, 3.63) is 109 Å². The quantitative estimate of drug-likeness (QED) is 0.0264. The Morgan fingerprint density at radius 1 is 0.344 bits per heavy atom. The summed E-state index contributed by atoms with van der Waals surface area (Å²) in [5, 5.41) is 0. The lowest BCUT2D eigenvalue weighted by molar-refractivity contribution is -0.166. The van der Waals surface area contributed by atoms with Crippen LogP contribution in [0.15, 0.2) is 109 Å². The van der Waals surface area contributed by atoms with Gasteiger partial charge in [0.15, 0.2) is 6.10 Å². The molecule has 1 atom stereocenters. The molecular weight excluding hydrogens is 757 g/mol. The van der Waals surface area contributed by atoms with Gasteiger partial charge in [-0.25, -0.2) is 0 Å². The molecular formula is C55H88O6. The first kappa shape index (κ1) is 57.1. The number of ether oxygens (including phenoxy) is 3. The molecule has 0 aliphatic carbocycles. The lowest BCUT2D eigenvalue weighted by atomic mass is 10.1. The number of hydrogen-bond acceptors (Lipinski definition) is 6. The van der Waals surface area contributed by atoms with Crippen LogP contribution in [0.25, 0.3) is 0 Å². The van der Waals surface area contributed by atoms with Crippen molar-refractivity contribution in [1.82, 2.24) is 0 Å². The molecule has 0 aromatic carbocycles. The third kappa shape index (κ3) is 47.0. The second kappa shape index (κ2) is 48.7. The van der Waals surface area contributed by atoms with E-state index in [-0.39, 0.29) is 44.0 Å². The molecule has 0 radical (unpaired) electrons. The lowest BCUT2D eigenvalue weighted by Crippen LogP contribution is -2.30. The Morgan fingerprint density at radius 2 is 0.672 bits per heavy atom. The Balaban J connectivity index is 4.57. The average molecular weight is 845 g/mol. The highest BCUT2D eigenvalue weighted by Crippen LogP contribution is 2.12. The summed E-state index contributed by atoms with van der Waals surface area (Å²) in [4.78, 5) is 37.8. The van der Waals surface area contributed by atoms with E-state index >= 15 is 0 Å². The molecule has 0 amide bonds. The predicted octanol–water partition coefficient (Wildman–Crippen LogP) is 16.0. The third-order valence-corrected chi connectivity index (χ3v) is 9.76. The number of allylic oxidation sites excluding steroid dienone is 18. The van der Waals surface area contributed by atoms with Crippen molar-refractivity contribution in [2.75, 3.05) is 13.2 Å². The highest BCUT2D eigenvalue weighted by molar-refractivity contribution is 5.71. The van der Waals surface area contributed by atoms with Gasteiger partial charge in [0.2, 0.25) is 0 Å². The van der Waals surface area contributed by atoms with Crippen molar-refractivity contribution in [1.29, 1.82) is 0 Å². The molecule has 0 saturated heterocycles. The number of carbonyl (C=O) groups is 3. The van der Waals surface area contributed by atoms with E-state index in [0.29, 0.717) is 12.8 Å². The standard InChI is InChI=1S/C55H88O6/c1-4-7-10-13-16-19-22-25-27-28-31-33-36-39-42-45-48-54(57)60-51-52(50-59-53(56)47-44-41-38-35-32-29-24-21-18-15-12-9-6-3)61-55(58)49-46-43-40-37-34-30-26-23-20-17-14-11-8-5-2/h7-8,10-11,16-17,19-20,25-27,29-33,39,42,52H,4-6,9,12-15,18,21-24,28,34-38,40-41,43-51H2,1-3H3/b10-7-,11-8-,19-16-,20-17-,27-25-,30-26-,32-29-,33-31-,42-39-. The Hall–Kier alpha value is -3.93. The van der Waals surface area contributed by atoms with Crippen molar-refractivity contribution >= 4 is 17.9 Å². The van der Waals surface area contributed by atoms with Gasteiger partial charge in [-0.2, -0.15) is 0 Å². The van der Waals surface area contributed by atoms with Crippen LogP contribution in [0, 0.1) is 0 Å². The van der Waals surface area contributed by atoms with Crippen molar-refractivity contribution in [2.24, 2.45) is 0 Å². The molecule has 0 spiro atoms. The molecule has 6 nitrogen and oxygen atoms in total. The molecule has 6 heteroatoms. The van der Waals surface area contributed by atoms with Gasteiger partial charge in [-0.05, 0) is 109 Å². The molecule has 0 aromatic heterocycles. The second-order valence-electron chi connectivity index (χ2n) is 15.6. The van der Waals surface area contributed by atoms with Crippen LogP contribution in [0.3, 0.4) is 0 Å². The van der Waals surface area contributed by atoms with Gasteiger partial charge < -0.3 is 14.2 Å². The van der Waals surface area contributed by atoms with Crippen molar-refractivity contribution in [3.8, 4) is 0 Å². The Morgan fingerprint density at radius 3 is 1.13 bits per heavy atom. The minimum atomic E-state index is -0.826. The fraction of sp³-hybridized carbons (Fsp3) is 0.618. The summed E-state index contributed by atoms with van der Waals surface area (Å²) < 4.78 is 16.7. The molecule has 0 fully saturated rings. The molecule has 0 N–H and O–H groups in total. The van der Waals surface area contributed by atoms with Crippen LogP contribution in [0.1, 0.15) is 201 Å². The molecule has 344 valence electrons. The van der Waals surface area contributed by atoms with Crippen molar-refractivity contribution in [2.45, 2.75) is 207 Å². The zero-order chi connectivity index (χ0) is 44.4. The van der Waals surface area contributed by atoms with Gasteiger partial charge in [0.1, 0.15) is 13.2 Å². The summed E-state index contributed by atoms with van der Waals surface area (Å²) in [6.07, 6.45) is 65.1. The van der Waals surface area contributed by atoms with Crippen LogP contribution >= 0.6 is 0 Å². The van der Waals surface area contributed by atoms with Crippen LogP contribution < -0.4 is 0 Å². The summed E-state index contributed by atoms with van der Waals surface area (Å²) in [6.45, 7) is 6.28. The zero-order valence-corrected chi connectivity index (χ0v) is 39.1. The largest absolute Gasteiger partial charge is 0.462 e. The molecule has 0 rings (SSSR count). The molecule has 0 heterocycles. The first-order valence-electron chi connectivity index (χ1n) is 24.4. The molecule has 0 aromatic rings. The van der Waals surface area contributed by atoms with Crippen molar-refractivity contribution in [3.63, 3.8) is 0 Å². The summed E-state index contributed by atoms with van der Waals surface area (Å²) in [5.74, 6) is -1.05. The first-order chi connectivity index (χ1) is 30.0. The molecule has 0 aliphatic rings. The van der Waals surface area contributed by atoms with E-state index in [1.165, 1.54) is 38.5 Å². The number of rotatable bonds is 42. The molecule has 0 aliphatic heterocycles. The minimum Gasteiger partial charge on any atom is -0.462 e. The smallest absolute Gasteiger partial charge is 0.306 e. The average Bonchev–Trinajstić information content (AvgIpc) is 3.26. The Kier molecular flexibility index (Phi) is 45.6. The lowest BCUT2D eigenvalue weighted by Gasteiger charge is -2.18. The molecule has 1 unspecified atom stereocenters. The molecule has 0 saturated carbocycles. The highest BCUT2D eigenvalue weighted by Gasteiger charge is 2.19. The zero-order valence-electron chi connectivity index (χ0n) is 39.1. The van der Waals surface area contributed by atoms with Gasteiger partial charge in [-0.3, -0.25) is 14.4 Å². The van der Waals surface area contributed by atoms with Crippen LogP contribution in [0.4, 0.5) is 0 Å². The number of esters is 3. The van der Waals surface area contributed by atoms with E-state index in [0.717, 1.165) is 116 Å². The Labute approximate surface area is 374 Å². The second-order valence-corrected chi connectivity index (χ2v) is 15.6. The monoisotopic (exact) mass is 845 g/mol. The van der Waals surface area contributed by atoms with E-state index in [4.69, 9.17) is 14.2 Å². The van der Waals surface area contributed by atoms with Crippen LogP contribution in [-0.4, -0.2) is 37.2 Å². The van der Waals surface area contributed by atoms with Crippen molar-refractivity contribution < 1.29 is 28.6 Å². The summed E-state index contributed by atoms with van der Waals surface area (Å²) >= 11 is 0. The van der Waals surface area contributed by atoms with E-state index in [2.05, 4.69) is 118 Å². The van der Waals surface area contributed by atoms with Crippen LogP contribution in [-0.2, 0) is 28.6 Å². The van der Waals surface area contributed by atoms with Gasteiger partial charge in [0, 0.05) is 19.3 Å². The van der Waals surface area contributed by atoms with E-state index in [9.17, 15) is 14.4 Å². The normalized spacial score (nSPS) is 13.0. The molecule has 0 bridgehead atoms. The summed E-state index contributed by atoms with van der Waals surface area (Å²) in [6, 6.07) is 0. The van der Waals surface area contributed by atoms with E-state index in [1.54, 1.807) is 0 Å². The maximum atomic E-state index is 12.8. The fourth-order valence-electron chi connectivity index (χ4n) is 6.15. The van der Waals surface area contributed by atoms with Gasteiger partial charge in [-0.1, -0.05) is 182 Å². The Bertz CT molecular complexity index is 1290. The van der Waals surface area contributed by atoms with Gasteiger partial charge in [-0.15, -0.1) is 0 Å².